The Kier molecular flexibility index (Phi) is 4.37. The molecule has 110 valence electrons. The molecule has 2 aromatic rings. The van der Waals surface area contributed by atoms with Gasteiger partial charge in [-0.1, -0.05) is 47.8 Å². The van der Waals surface area contributed by atoms with Crippen LogP contribution in [0.4, 0.5) is 5.82 Å². The van der Waals surface area contributed by atoms with Crippen molar-refractivity contribution < 1.29 is 0 Å². The number of rotatable bonds is 4. The molecule has 1 aromatic heterocycles. The second-order valence-electron chi connectivity index (χ2n) is 5.43. The first-order valence-corrected chi connectivity index (χ1v) is 8.15. The molecule has 0 bridgehead atoms. The molecule has 0 saturated heterocycles. The molecule has 0 amide bonds. The van der Waals surface area contributed by atoms with E-state index in [4.69, 9.17) is 23.2 Å². The van der Waals surface area contributed by atoms with Crippen molar-refractivity contribution in [3.05, 3.63) is 45.9 Å². The van der Waals surface area contributed by atoms with Crippen LogP contribution in [0.2, 0.25) is 10.0 Å². The molecule has 1 fully saturated rings. The van der Waals surface area contributed by atoms with Gasteiger partial charge in [0.25, 0.3) is 0 Å². The van der Waals surface area contributed by atoms with E-state index in [1.807, 2.05) is 6.92 Å². The van der Waals surface area contributed by atoms with Crippen LogP contribution >= 0.6 is 23.2 Å². The van der Waals surface area contributed by atoms with Gasteiger partial charge < -0.3 is 5.32 Å². The van der Waals surface area contributed by atoms with E-state index in [2.05, 4.69) is 34.6 Å². The summed E-state index contributed by atoms with van der Waals surface area (Å²) >= 11 is 12.5. The van der Waals surface area contributed by atoms with E-state index in [1.54, 1.807) is 6.07 Å². The summed E-state index contributed by atoms with van der Waals surface area (Å²) in [6, 6.07) is 10.3. The van der Waals surface area contributed by atoms with Gasteiger partial charge in [-0.15, -0.1) is 0 Å². The van der Waals surface area contributed by atoms with Gasteiger partial charge in [0, 0.05) is 12.1 Å². The van der Waals surface area contributed by atoms with Crippen LogP contribution in [0.5, 0.6) is 0 Å². The summed E-state index contributed by atoms with van der Waals surface area (Å²) in [5, 5.41) is 4.32. The van der Waals surface area contributed by atoms with Crippen LogP contribution in [0.25, 0.3) is 11.3 Å². The summed E-state index contributed by atoms with van der Waals surface area (Å²) in [7, 11) is 0. The van der Waals surface area contributed by atoms with Gasteiger partial charge in [-0.3, -0.25) is 0 Å². The maximum absolute atomic E-state index is 6.34. The van der Waals surface area contributed by atoms with Gasteiger partial charge in [0.1, 0.15) is 5.82 Å². The van der Waals surface area contributed by atoms with Crippen LogP contribution in [0.1, 0.15) is 37.7 Å². The van der Waals surface area contributed by atoms with Crippen molar-refractivity contribution in [2.75, 3.05) is 11.9 Å². The minimum atomic E-state index is 0.556. The summed E-state index contributed by atoms with van der Waals surface area (Å²) < 4.78 is 0. The fourth-order valence-corrected chi connectivity index (χ4v) is 3.18. The van der Waals surface area contributed by atoms with Crippen molar-refractivity contribution >= 4 is 29.0 Å². The number of anilines is 1. The molecule has 0 atom stereocenters. The van der Waals surface area contributed by atoms with E-state index in [0.717, 1.165) is 17.8 Å². The maximum Gasteiger partial charge on any atom is 0.145 e. The van der Waals surface area contributed by atoms with E-state index < -0.39 is 0 Å². The fraction of sp³-hybridized carbons (Fsp3) is 0.353. The summed E-state index contributed by atoms with van der Waals surface area (Å²) in [6.07, 6.45) is 3.90. The Morgan fingerprint density at radius 2 is 2.00 bits per heavy atom. The third-order valence-electron chi connectivity index (χ3n) is 4.01. The number of halogens is 2. The topological polar surface area (TPSA) is 24.9 Å². The van der Waals surface area contributed by atoms with E-state index in [-0.39, 0.29) is 0 Å². The standard InChI is InChI=1S/C17H18Cl2N2/c1-2-20-17-15(19)10-14(18)16(21-17)13-8-4-7-12(9-13)11-5-3-6-11/h4,7-11H,2-3,5-6H2,1H3,(H,20,21). The highest BCUT2D eigenvalue weighted by molar-refractivity contribution is 6.37. The van der Waals surface area contributed by atoms with Gasteiger partial charge in [-0.25, -0.2) is 4.98 Å². The lowest BCUT2D eigenvalue weighted by atomic mass is 9.79. The molecule has 1 heterocycles. The average molecular weight is 321 g/mol. The first-order valence-electron chi connectivity index (χ1n) is 7.39. The normalized spacial score (nSPS) is 14.8. The lowest BCUT2D eigenvalue weighted by Gasteiger charge is -2.26. The highest BCUT2D eigenvalue weighted by atomic mass is 35.5. The maximum atomic E-state index is 6.34. The molecule has 0 unspecified atom stereocenters. The molecule has 0 radical (unpaired) electrons. The Bertz CT molecular complexity index is 651. The van der Waals surface area contributed by atoms with Gasteiger partial charge >= 0.3 is 0 Å². The number of nitrogens with zero attached hydrogens (tertiary/aromatic N) is 1. The van der Waals surface area contributed by atoms with Crippen molar-refractivity contribution in [1.29, 1.82) is 0 Å². The largest absolute Gasteiger partial charge is 0.369 e. The number of pyridine rings is 1. The second kappa shape index (κ2) is 6.25. The molecule has 3 rings (SSSR count). The molecule has 1 aliphatic carbocycles. The lowest BCUT2D eigenvalue weighted by molar-refractivity contribution is 0.420. The Morgan fingerprint density at radius 3 is 2.67 bits per heavy atom. The number of benzene rings is 1. The Balaban J connectivity index is 2.00. The molecular formula is C17H18Cl2N2. The van der Waals surface area contributed by atoms with Gasteiger partial charge in [0.2, 0.25) is 0 Å². The second-order valence-corrected chi connectivity index (χ2v) is 6.25. The third kappa shape index (κ3) is 3.02. The lowest BCUT2D eigenvalue weighted by Crippen LogP contribution is -2.08. The van der Waals surface area contributed by atoms with Crippen molar-refractivity contribution in [1.82, 2.24) is 4.98 Å². The van der Waals surface area contributed by atoms with Gasteiger partial charge in [0.05, 0.1) is 15.7 Å². The van der Waals surface area contributed by atoms with Crippen molar-refractivity contribution in [3.8, 4) is 11.3 Å². The van der Waals surface area contributed by atoms with E-state index >= 15 is 0 Å². The summed E-state index contributed by atoms with van der Waals surface area (Å²) in [5.41, 5.74) is 3.23. The SMILES string of the molecule is CCNc1nc(-c2cccc(C3CCC3)c2)c(Cl)cc1Cl. The zero-order chi connectivity index (χ0) is 14.8. The molecule has 1 saturated carbocycles. The number of hydrogen-bond acceptors (Lipinski definition) is 2. The van der Waals surface area contributed by atoms with E-state index in [9.17, 15) is 0 Å². The molecule has 1 aliphatic rings. The molecule has 2 nitrogen and oxygen atoms in total. The molecule has 21 heavy (non-hydrogen) atoms. The van der Waals surface area contributed by atoms with Crippen LogP contribution < -0.4 is 5.32 Å². The van der Waals surface area contributed by atoms with Crippen LogP contribution in [-0.2, 0) is 0 Å². The number of aromatic nitrogens is 1. The number of nitrogens with one attached hydrogen (secondary N) is 1. The monoisotopic (exact) mass is 320 g/mol. The fourth-order valence-electron chi connectivity index (χ4n) is 2.64. The molecule has 1 aromatic carbocycles. The predicted molar refractivity (Wildman–Crippen MR) is 90.4 cm³/mol. The molecule has 0 spiro atoms. The molecule has 0 aliphatic heterocycles. The van der Waals surface area contributed by atoms with Crippen LogP contribution in [0.3, 0.4) is 0 Å². The average Bonchev–Trinajstić information content (AvgIpc) is 2.40. The Morgan fingerprint density at radius 1 is 1.19 bits per heavy atom. The van der Waals surface area contributed by atoms with Gasteiger partial charge in [-0.05, 0) is 43.4 Å². The smallest absolute Gasteiger partial charge is 0.145 e. The highest BCUT2D eigenvalue weighted by Crippen LogP contribution is 2.39. The van der Waals surface area contributed by atoms with Crippen LogP contribution in [0, 0.1) is 0 Å². The van der Waals surface area contributed by atoms with Crippen molar-refractivity contribution in [3.63, 3.8) is 0 Å². The summed E-state index contributed by atoms with van der Waals surface area (Å²) in [5.74, 6) is 1.39. The first-order chi connectivity index (χ1) is 10.2. The van der Waals surface area contributed by atoms with Crippen LogP contribution in [-0.4, -0.2) is 11.5 Å². The first kappa shape index (κ1) is 14.7. The van der Waals surface area contributed by atoms with Crippen molar-refractivity contribution in [2.45, 2.75) is 32.1 Å². The molecular weight excluding hydrogens is 303 g/mol. The van der Waals surface area contributed by atoms with Crippen molar-refractivity contribution in [2.24, 2.45) is 0 Å². The minimum absolute atomic E-state index is 0.556. The minimum Gasteiger partial charge on any atom is -0.369 e. The van der Waals surface area contributed by atoms with Gasteiger partial charge in [0.15, 0.2) is 0 Å². The summed E-state index contributed by atoms with van der Waals surface area (Å²) in [4.78, 5) is 4.60. The van der Waals surface area contributed by atoms with Crippen LogP contribution in [0.15, 0.2) is 30.3 Å². The Labute approximate surface area is 135 Å². The molecule has 4 heteroatoms. The summed E-state index contributed by atoms with van der Waals surface area (Å²) in [6.45, 7) is 2.79. The zero-order valence-corrected chi connectivity index (χ0v) is 13.5. The quantitative estimate of drug-likeness (QED) is 0.775. The van der Waals surface area contributed by atoms with E-state index in [0.29, 0.717) is 21.8 Å². The number of hydrogen-bond donors (Lipinski definition) is 1. The van der Waals surface area contributed by atoms with E-state index in [1.165, 1.54) is 24.8 Å². The predicted octanol–water partition coefficient (Wildman–Crippen LogP) is 5.75. The van der Waals surface area contributed by atoms with Gasteiger partial charge in [-0.2, -0.15) is 0 Å². The highest BCUT2D eigenvalue weighted by Gasteiger charge is 2.20. The zero-order valence-electron chi connectivity index (χ0n) is 12.0. The third-order valence-corrected chi connectivity index (χ3v) is 4.59. The molecule has 1 N–H and O–H groups in total. The Hall–Kier alpha value is -1.25.